The van der Waals surface area contributed by atoms with Crippen molar-refractivity contribution in [1.82, 2.24) is 39.5 Å². The number of carbonyl (C=O) groups excluding carboxylic acids is 4. The van der Waals surface area contributed by atoms with Gasteiger partial charge in [-0.2, -0.15) is 0 Å². The number of sulfonamides is 3. The number of Topliss-reactive ketones (excluding diaryl/α,β-unsaturated/α-hetero) is 1. The molecule has 25 heteroatoms. The van der Waals surface area contributed by atoms with Crippen LogP contribution < -0.4 is 30.5 Å². The molecule has 3 aliphatic heterocycles. The van der Waals surface area contributed by atoms with Crippen molar-refractivity contribution in [2.75, 3.05) is 59.1 Å². The number of hydrogen-bond acceptors (Lipinski definition) is 16. The Kier molecular flexibility index (Phi) is 30.0. The second-order valence-corrected chi connectivity index (χ2v) is 33.2. The Labute approximate surface area is 611 Å². The highest BCUT2D eigenvalue weighted by molar-refractivity contribution is 7.90. The second kappa shape index (κ2) is 38.5. The lowest BCUT2D eigenvalue weighted by Crippen LogP contribution is -2.46. The Bertz CT molecular complexity index is 3970. The molecule has 6 aromatic carbocycles. The number of likely N-dealkylation sites (tertiary alicyclic amines) is 3. The van der Waals surface area contributed by atoms with Crippen LogP contribution in [0.1, 0.15) is 210 Å². The summed E-state index contributed by atoms with van der Waals surface area (Å²) >= 11 is 0. The van der Waals surface area contributed by atoms with Gasteiger partial charge in [0, 0.05) is 109 Å². The number of piperidine rings is 3. The van der Waals surface area contributed by atoms with Gasteiger partial charge in [0.05, 0.1) is 34.5 Å². The summed E-state index contributed by atoms with van der Waals surface area (Å²) in [5.74, 6) is -0.112. The Hall–Kier alpha value is -6.81. The number of hydrogen-bond donors (Lipinski definition) is 6. The molecule has 22 nitrogen and oxygen atoms in total. The Morgan fingerprint density at radius 3 is 0.961 bits per heavy atom. The van der Waals surface area contributed by atoms with E-state index >= 15 is 0 Å². The van der Waals surface area contributed by atoms with Gasteiger partial charge in [0.1, 0.15) is 0 Å². The van der Waals surface area contributed by atoms with Crippen LogP contribution in [-0.4, -0.2) is 159 Å². The molecule has 0 radical (unpaired) electrons. The fraction of sp³-hybridized carbons (Fsp3) is 0.564. The second-order valence-electron chi connectivity index (χ2n) is 28.2. The van der Waals surface area contributed by atoms with Crippen molar-refractivity contribution in [3.05, 3.63) is 126 Å². The molecule has 0 spiro atoms. The Morgan fingerprint density at radius 2 is 0.670 bits per heavy atom. The van der Waals surface area contributed by atoms with Gasteiger partial charge in [-0.15, -0.1) is 0 Å². The van der Waals surface area contributed by atoms with E-state index in [2.05, 4.69) is 38.6 Å². The van der Waals surface area contributed by atoms with E-state index in [1.54, 1.807) is 77.9 Å². The molecule has 3 heterocycles. The third-order valence-electron chi connectivity index (χ3n) is 20.8. The predicted octanol–water partition coefficient (Wildman–Crippen LogP) is 13.7. The van der Waals surface area contributed by atoms with Crippen molar-refractivity contribution in [1.29, 1.82) is 0 Å². The normalized spacial score (nSPS) is 18.7. The molecule has 103 heavy (non-hydrogen) atoms. The number of rotatable bonds is 19. The highest BCUT2D eigenvalue weighted by Gasteiger charge is 2.33. The van der Waals surface area contributed by atoms with Crippen molar-refractivity contribution < 1.29 is 58.6 Å². The molecule has 0 bridgehead atoms. The first-order valence-corrected chi connectivity index (χ1v) is 42.1. The monoisotopic (exact) mass is 1480 g/mol. The number of nitrogens with two attached hydrogens (primary N) is 1. The van der Waals surface area contributed by atoms with Crippen molar-refractivity contribution in [3.63, 3.8) is 0 Å². The number of benzene rings is 6. The zero-order valence-corrected chi connectivity index (χ0v) is 63.6. The van der Waals surface area contributed by atoms with Gasteiger partial charge in [-0.05, 0) is 170 Å². The topological polar surface area (TPSA) is 294 Å². The molecule has 12 rings (SSSR count). The van der Waals surface area contributed by atoms with Gasteiger partial charge in [0.2, 0.25) is 30.1 Å². The molecule has 6 aromatic rings. The van der Waals surface area contributed by atoms with E-state index in [0.717, 1.165) is 32.7 Å². The minimum absolute atomic E-state index is 0.112. The molecule has 564 valence electrons. The minimum atomic E-state index is -3.77. The van der Waals surface area contributed by atoms with E-state index in [4.69, 9.17) is 19.9 Å². The van der Waals surface area contributed by atoms with Gasteiger partial charge in [-0.3, -0.25) is 4.79 Å². The average Bonchev–Trinajstić information content (AvgIpc) is 0.781. The summed E-state index contributed by atoms with van der Waals surface area (Å²) < 4.78 is 103. The van der Waals surface area contributed by atoms with Crippen LogP contribution in [0.25, 0.3) is 32.3 Å². The lowest BCUT2D eigenvalue weighted by atomic mass is 9.93. The van der Waals surface area contributed by atoms with Gasteiger partial charge in [-0.25, -0.2) is 53.8 Å². The van der Waals surface area contributed by atoms with Crippen molar-refractivity contribution in [3.8, 4) is 0 Å². The van der Waals surface area contributed by atoms with Gasteiger partial charge in [0.15, 0.2) is 5.78 Å². The molecule has 2 unspecified atom stereocenters. The van der Waals surface area contributed by atoms with Crippen LogP contribution in [0.3, 0.4) is 0 Å². The average molecular weight is 1480 g/mol. The summed E-state index contributed by atoms with van der Waals surface area (Å²) in [5, 5.41) is 12.1. The summed E-state index contributed by atoms with van der Waals surface area (Å²) in [4.78, 5) is 53.1. The number of ether oxygens (including phenoxy) is 3. The molecule has 3 aliphatic carbocycles. The fourth-order valence-electron chi connectivity index (χ4n) is 15.2. The lowest BCUT2D eigenvalue weighted by molar-refractivity contribution is 0.0957. The first-order valence-electron chi connectivity index (χ1n) is 37.7. The van der Waals surface area contributed by atoms with Gasteiger partial charge < -0.3 is 45.3 Å². The van der Waals surface area contributed by atoms with E-state index < -0.39 is 30.1 Å². The molecule has 3 amide bonds. The highest BCUT2D eigenvalue weighted by Crippen LogP contribution is 2.35. The highest BCUT2D eigenvalue weighted by atomic mass is 32.2. The predicted molar refractivity (Wildman–Crippen MR) is 406 cm³/mol. The fourth-order valence-corrected chi connectivity index (χ4v) is 19.8. The van der Waals surface area contributed by atoms with Crippen LogP contribution in [0, 0.1) is 0 Å². The minimum Gasteiger partial charge on any atom is -0.450 e. The number of fused-ring (bicyclic) bond motifs is 3. The third-order valence-corrected chi connectivity index (χ3v) is 25.5. The van der Waals surface area contributed by atoms with E-state index in [1.165, 1.54) is 109 Å². The quantitative estimate of drug-likeness (QED) is 0.0324. The molecule has 7 N–H and O–H groups in total. The summed E-state index contributed by atoms with van der Waals surface area (Å²) in [6.07, 6.45) is 21.4. The molecule has 2 atom stereocenters. The van der Waals surface area contributed by atoms with Crippen molar-refractivity contribution in [2.45, 2.75) is 239 Å². The van der Waals surface area contributed by atoms with Gasteiger partial charge in [-0.1, -0.05) is 143 Å². The number of nitrogens with zero attached hydrogens (tertiary/aromatic N) is 3. The largest absolute Gasteiger partial charge is 0.450 e. The number of ketones is 1. The van der Waals surface area contributed by atoms with Crippen molar-refractivity contribution in [2.24, 2.45) is 5.73 Å². The van der Waals surface area contributed by atoms with E-state index in [9.17, 15) is 44.4 Å². The first kappa shape index (κ1) is 80.3. The zero-order chi connectivity index (χ0) is 73.7. The molecule has 6 aliphatic rings. The number of amides is 3. The summed E-state index contributed by atoms with van der Waals surface area (Å²) in [7, 11) is -11.2. The van der Waals surface area contributed by atoms with E-state index in [-0.39, 0.29) is 59.2 Å². The molecule has 0 aromatic heterocycles. The van der Waals surface area contributed by atoms with Crippen LogP contribution in [0.15, 0.2) is 124 Å². The third kappa shape index (κ3) is 22.1. The summed E-state index contributed by atoms with van der Waals surface area (Å²) in [5.41, 5.74) is 8.39. The van der Waals surface area contributed by atoms with Crippen LogP contribution in [0.2, 0.25) is 0 Å². The van der Waals surface area contributed by atoms with Crippen LogP contribution in [-0.2, 0) is 44.3 Å². The molecule has 3 saturated heterocycles. The smallest absolute Gasteiger partial charge is 0.409 e. The molecule has 6 fully saturated rings. The standard InChI is InChI=1S/2C26H37N3O4S.C20H24N2O5S.C6H13N/c2*1-3-33-26(30)29-17-15-21(16-18-29)28-34(31,32)25-14-13-22(23-11-7-8-12-24(23)25)19(2)27-20-9-5-4-6-10-20;1-3-27-20(24)22-12-10-15(11-13-22)21-28(25,26)19-9-8-16(14(2)23)17-6-4-5-7-18(17)19;7-6-4-2-1-3-5-6/h2*7-8,11-14,19-21,27-28H,3-6,9-10,15-18H2,1-2H3;4-9,15,21H,3,10-13H2,1-2H3;6H,1-5,7H2. The summed E-state index contributed by atoms with van der Waals surface area (Å²) in [6.45, 7) is 14.9. The molecule has 3 saturated carbocycles. The van der Waals surface area contributed by atoms with E-state index in [1.807, 2.05) is 60.7 Å². The zero-order valence-electron chi connectivity index (χ0n) is 61.2. The van der Waals surface area contributed by atoms with Crippen molar-refractivity contribution >= 4 is 86.5 Å². The SMILES string of the molecule is CCOC(=O)N1CCC(NS(=O)(=O)c2ccc(C(C)=O)c3ccccc23)CC1.CCOC(=O)N1CCC(NS(=O)(=O)c2ccc(C(C)NC3CCCCC3)c3ccccc23)CC1.CCOC(=O)N1CCC(NS(=O)(=O)c2ccc(C(C)NC3CCCCC3)c3ccccc23)CC1.NC1CCCCC1. The molecular formula is C78H111N9O13S3. The maximum Gasteiger partial charge on any atom is 0.409 e. The first-order chi connectivity index (χ1) is 49.5. The lowest BCUT2D eigenvalue weighted by Gasteiger charge is -2.31. The Balaban J connectivity index is 0.000000172. The maximum absolute atomic E-state index is 13.4. The van der Waals surface area contributed by atoms with E-state index in [0.29, 0.717) is 142 Å². The van der Waals surface area contributed by atoms with Gasteiger partial charge >= 0.3 is 18.3 Å². The Morgan fingerprint density at radius 1 is 0.388 bits per heavy atom. The van der Waals surface area contributed by atoms with Gasteiger partial charge in [0.25, 0.3) is 0 Å². The summed E-state index contributed by atoms with van der Waals surface area (Å²) in [6, 6.07) is 34.2. The van der Waals surface area contributed by atoms with Crippen LogP contribution in [0.4, 0.5) is 14.4 Å². The molecular weight excluding hydrogens is 1370 g/mol. The van der Waals surface area contributed by atoms with Crippen LogP contribution in [0.5, 0.6) is 0 Å². The maximum atomic E-state index is 13.4. The van der Waals surface area contributed by atoms with Crippen LogP contribution >= 0.6 is 0 Å². The number of carbonyl (C=O) groups is 4. The number of nitrogens with one attached hydrogen (secondary N) is 5.